The minimum absolute atomic E-state index is 0.00523. The van der Waals surface area contributed by atoms with Crippen molar-refractivity contribution >= 4 is 40.6 Å². The minimum atomic E-state index is -0.627. The highest BCUT2D eigenvalue weighted by Crippen LogP contribution is 2.50. The fourth-order valence-corrected chi connectivity index (χ4v) is 8.53. The number of nitrogens with two attached hydrogens (primary N) is 2. The Balaban J connectivity index is 1.19. The standard InChI is InChI=1S/C47H62N6O4/c1-28(2)41(48)45(56)52-26-8-10-38(52)43(54)50-34-20-14-30(15-21-34)36-24-25-37(40(36)32-12-18-33(19-13-32)47(5,6)7)31-16-22-35(23-17-31)51-44(55)39-11-9-27-53(39)46(57)42(49)29(3)4/h12-24,28-29,37-42H,8-11,25-27,48-49H2,1-7H3,(H,50,54)(H,51,55)/t37?,38-,39-,40?,41-,42-/m0/s1. The number of hydrogen-bond acceptors (Lipinski definition) is 6. The maximum absolute atomic E-state index is 13.4. The Bertz CT molecular complexity index is 1950. The smallest absolute Gasteiger partial charge is 0.247 e. The number of rotatable bonds is 11. The maximum atomic E-state index is 13.4. The average Bonchev–Trinajstić information content (AvgIpc) is 3.98. The van der Waals surface area contributed by atoms with Crippen molar-refractivity contribution in [2.45, 2.75) is 122 Å². The molecule has 0 radical (unpaired) electrons. The number of likely N-dealkylation sites (tertiary alicyclic amines) is 2. The molecule has 57 heavy (non-hydrogen) atoms. The first-order chi connectivity index (χ1) is 27.0. The molecule has 0 aromatic heterocycles. The monoisotopic (exact) mass is 774 g/mol. The number of nitrogens with one attached hydrogen (secondary N) is 2. The fourth-order valence-electron chi connectivity index (χ4n) is 8.53. The molecule has 10 heteroatoms. The van der Waals surface area contributed by atoms with Crippen molar-refractivity contribution in [2.75, 3.05) is 23.7 Å². The van der Waals surface area contributed by atoms with Gasteiger partial charge in [0.05, 0.1) is 12.1 Å². The molecule has 304 valence electrons. The van der Waals surface area contributed by atoms with Crippen molar-refractivity contribution in [1.29, 1.82) is 0 Å². The minimum Gasteiger partial charge on any atom is -0.329 e. The summed E-state index contributed by atoms with van der Waals surface area (Å²) in [5.41, 5.74) is 19.7. The lowest BCUT2D eigenvalue weighted by atomic mass is 9.77. The first-order valence-corrected chi connectivity index (χ1v) is 20.8. The molecule has 6 N–H and O–H groups in total. The SMILES string of the molecule is CC(C)[C@H](N)C(=O)N1CCC[C@H]1C(=O)Nc1ccc(C2=CCC(c3ccc(NC(=O)[C@@H]4CCCN4C(=O)[C@@H](N)C(C)C)cc3)C2c2ccc(C(C)(C)C)cc2)cc1. The predicted molar refractivity (Wildman–Crippen MR) is 228 cm³/mol. The van der Waals surface area contributed by atoms with Crippen molar-refractivity contribution in [3.8, 4) is 0 Å². The number of nitrogens with zero attached hydrogens (tertiary/aromatic N) is 2. The van der Waals surface area contributed by atoms with Crippen molar-refractivity contribution in [2.24, 2.45) is 23.3 Å². The number of benzene rings is 3. The normalized spacial score (nSPS) is 22.1. The van der Waals surface area contributed by atoms with Crippen molar-refractivity contribution in [1.82, 2.24) is 9.80 Å². The molecule has 3 aromatic rings. The molecule has 6 atom stereocenters. The van der Waals surface area contributed by atoms with Gasteiger partial charge in [0.15, 0.2) is 0 Å². The van der Waals surface area contributed by atoms with Crippen LogP contribution in [0.1, 0.15) is 115 Å². The Labute approximate surface area is 338 Å². The zero-order chi connectivity index (χ0) is 41.2. The van der Waals surface area contributed by atoms with Gasteiger partial charge in [-0.1, -0.05) is 103 Å². The highest BCUT2D eigenvalue weighted by atomic mass is 16.2. The molecule has 2 aliphatic heterocycles. The van der Waals surface area contributed by atoms with Crippen molar-refractivity contribution in [3.63, 3.8) is 0 Å². The summed E-state index contributed by atoms with van der Waals surface area (Å²) in [6, 6.07) is 22.8. The van der Waals surface area contributed by atoms with E-state index in [4.69, 9.17) is 11.5 Å². The summed E-state index contributed by atoms with van der Waals surface area (Å²) in [4.78, 5) is 56.3. The van der Waals surface area contributed by atoms with E-state index < -0.39 is 24.2 Å². The third-order valence-electron chi connectivity index (χ3n) is 12.2. The number of anilines is 2. The van der Waals surface area contributed by atoms with Gasteiger partial charge < -0.3 is 31.9 Å². The molecule has 4 amide bonds. The topological polar surface area (TPSA) is 151 Å². The van der Waals surface area contributed by atoms with Gasteiger partial charge >= 0.3 is 0 Å². The van der Waals surface area contributed by atoms with Crippen LogP contribution >= 0.6 is 0 Å². The second-order valence-electron chi connectivity index (χ2n) is 17.9. The van der Waals surface area contributed by atoms with Gasteiger partial charge in [0.2, 0.25) is 23.6 Å². The molecular formula is C47H62N6O4. The van der Waals surface area contributed by atoms with Gasteiger partial charge in [-0.2, -0.15) is 0 Å². The highest BCUT2D eigenvalue weighted by Gasteiger charge is 2.39. The summed E-state index contributed by atoms with van der Waals surface area (Å²) in [6.07, 6.45) is 5.94. The van der Waals surface area contributed by atoms with E-state index in [1.165, 1.54) is 22.3 Å². The predicted octanol–water partition coefficient (Wildman–Crippen LogP) is 7.16. The Morgan fingerprint density at radius 3 is 1.53 bits per heavy atom. The van der Waals surface area contributed by atoms with E-state index in [1.54, 1.807) is 9.80 Å². The van der Waals surface area contributed by atoms with Gasteiger partial charge in [-0.25, -0.2) is 0 Å². The van der Waals surface area contributed by atoms with Crippen molar-refractivity contribution < 1.29 is 19.2 Å². The van der Waals surface area contributed by atoms with Crippen LogP contribution in [0.2, 0.25) is 0 Å². The number of carbonyl (C=O) groups is 4. The van der Waals surface area contributed by atoms with Crippen LogP contribution in [0.3, 0.4) is 0 Å². The van der Waals surface area contributed by atoms with E-state index >= 15 is 0 Å². The summed E-state index contributed by atoms with van der Waals surface area (Å²) in [5.74, 6) is -0.486. The second kappa shape index (κ2) is 17.4. The summed E-state index contributed by atoms with van der Waals surface area (Å²) in [6.45, 7) is 15.4. The lowest BCUT2D eigenvalue weighted by Gasteiger charge is -2.28. The number of carbonyl (C=O) groups excluding carboxylic acids is 4. The first kappa shape index (κ1) is 41.8. The third kappa shape index (κ3) is 9.18. The largest absolute Gasteiger partial charge is 0.329 e. The van der Waals surface area contributed by atoms with Crippen LogP contribution in [0, 0.1) is 11.8 Å². The third-order valence-corrected chi connectivity index (χ3v) is 12.2. The lowest BCUT2D eigenvalue weighted by Crippen LogP contribution is -2.51. The van der Waals surface area contributed by atoms with Crippen LogP contribution in [-0.4, -0.2) is 70.7 Å². The zero-order valence-electron chi connectivity index (χ0n) is 34.8. The first-order valence-electron chi connectivity index (χ1n) is 20.8. The Hall–Kier alpha value is -4.80. The molecular weight excluding hydrogens is 713 g/mol. The molecule has 0 bridgehead atoms. The van der Waals surface area contributed by atoms with Crippen LogP contribution < -0.4 is 22.1 Å². The van der Waals surface area contributed by atoms with Crippen molar-refractivity contribution in [3.05, 3.63) is 101 Å². The van der Waals surface area contributed by atoms with E-state index in [0.29, 0.717) is 37.3 Å². The molecule has 2 heterocycles. The van der Waals surface area contributed by atoms with Crippen LogP contribution in [0.15, 0.2) is 78.9 Å². The summed E-state index contributed by atoms with van der Waals surface area (Å²) in [7, 11) is 0. The van der Waals surface area contributed by atoms with Gasteiger partial charge in [0.1, 0.15) is 12.1 Å². The average molecular weight is 775 g/mol. The Morgan fingerprint density at radius 1 is 0.649 bits per heavy atom. The Morgan fingerprint density at radius 2 is 1.09 bits per heavy atom. The second-order valence-corrected chi connectivity index (χ2v) is 17.9. The van der Waals surface area contributed by atoms with Crippen LogP contribution in [0.5, 0.6) is 0 Å². The van der Waals surface area contributed by atoms with Crippen LogP contribution in [0.25, 0.3) is 5.57 Å². The molecule has 10 nitrogen and oxygen atoms in total. The molecule has 0 spiro atoms. The van der Waals surface area contributed by atoms with Gasteiger partial charge in [-0.15, -0.1) is 0 Å². The molecule has 2 saturated heterocycles. The number of allylic oxidation sites excluding steroid dienone is 2. The number of hydrogen-bond donors (Lipinski definition) is 4. The molecule has 1 aliphatic carbocycles. The van der Waals surface area contributed by atoms with E-state index in [2.05, 4.69) is 86.0 Å². The Kier molecular flexibility index (Phi) is 12.7. The van der Waals surface area contributed by atoms with E-state index in [1.807, 2.05) is 52.0 Å². The van der Waals surface area contributed by atoms with Gasteiger partial charge in [0.25, 0.3) is 0 Å². The summed E-state index contributed by atoms with van der Waals surface area (Å²) >= 11 is 0. The summed E-state index contributed by atoms with van der Waals surface area (Å²) < 4.78 is 0. The zero-order valence-corrected chi connectivity index (χ0v) is 34.8. The molecule has 2 fully saturated rings. The summed E-state index contributed by atoms with van der Waals surface area (Å²) in [5, 5.41) is 6.12. The van der Waals surface area contributed by atoms with Gasteiger partial charge in [0, 0.05) is 30.4 Å². The number of amides is 4. The van der Waals surface area contributed by atoms with Crippen LogP contribution in [0.4, 0.5) is 11.4 Å². The quantitative estimate of drug-likeness (QED) is 0.162. The van der Waals surface area contributed by atoms with Gasteiger partial charge in [-0.05, 0) is 107 Å². The molecule has 3 aromatic carbocycles. The highest BCUT2D eigenvalue weighted by molar-refractivity contribution is 5.99. The molecule has 6 rings (SSSR count). The maximum Gasteiger partial charge on any atom is 0.247 e. The van der Waals surface area contributed by atoms with E-state index in [0.717, 1.165) is 24.8 Å². The van der Waals surface area contributed by atoms with E-state index in [9.17, 15) is 19.2 Å². The molecule has 3 aliphatic rings. The van der Waals surface area contributed by atoms with E-state index in [-0.39, 0.29) is 52.7 Å². The fraction of sp³-hybridized carbons (Fsp3) is 0.489. The molecule has 0 saturated carbocycles. The lowest BCUT2D eigenvalue weighted by molar-refractivity contribution is -0.138. The van der Waals surface area contributed by atoms with Gasteiger partial charge in [-0.3, -0.25) is 19.2 Å². The van der Waals surface area contributed by atoms with Crippen LogP contribution in [-0.2, 0) is 24.6 Å². The molecule has 2 unspecified atom stereocenters.